The third-order valence-electron chi connectivity index (χ3n) is 8.94. The first-order chi connectivity index (χ1) is 15.3. The van der Waals surface area contributed by atoms with Gasteiger partial charge in [-0.1, -0.05) is 39.0 Å². The van der Waals surface area contributed by atoms with Crippen LogP contribution in [0.1, 0.15) is 76.1 Å². The number of nitrogens with one attached hydrogen (secondary N) is 1. The third kappa shape index (κ3) is 4.46. The number of hydrogen-bond acceptors (Lipinski definition) is 3. The zero-order valence-electron chi connectivity index (χ0n) is 19.9. The predicted molar refractivity (Wildman–Crippen MR) is 126 cm³/mol. The molecule has 3 aliphatic rings. The molecule has 2 saturated carbocycles. The lowest BCUT2D eigenvalue weighted by atomic mass is 9.51. The fourth-order valence-corrected chi connectivity index (χ4v) is 6.92. The number of aliphatic hydroxyl groups is 1. The largest absolute Gasteiger partial charge is 0.392 e. The van der Waals surface area contributed by atoms with Crippen LogP contribution in [0.3, 0.4) is 0 Å². The van der Waals surface area contributed by atoms with Crippen LogP contribution in [0, 0.1) is 29.1 Å². The summed E-state index contributed by atoms with van der Waals surface area (Å²) in [6.45, 7) is 8.23. The van der Waals surface area contributed by atoms with Gasteiger partial charge in [0.2, 0.25) is 5.91 Å². The smallest absolute Gasteiger partial charge is 0.251 e. The molecule has 5 nitrogen and oxygen atoms in total. The highest BCUT2D eigenvalue weighted by atomic mass is 16.3. The molecular formula is C27H40N2O3. The summed E-state index contributed by atoms with van der Waals surface area (Å²) in [5, 5.41) is 14.9. The summed E-state index contributed by atoms with van der Waals surface area (Å²) in [7, 11) is 0. The number of amides is 2. The Balaban J connectivity index is 1.47. The first-order valence-corrected chi connectivity index (χ1v) is 12.6. The third-order valence-corrected chi connectivity index (χ3v) is 8.94. The van der Waals surface area contributed by atoms with Crippen molar-refractivity contribution in [2.75, 3.05) is 13.1 Å². The molecule has 1 heterocycles. The van der Waals surface area contributed by atoms with Crippen LogP contribution in [0.15, 0.2) is 30.3 Å². The average molecular weight is 441 g/mol. The molecule has 0 radical (unpaired) electrons. The second-order valence-electron chi connectivity index (χ2n) is 10.9. The van der Waals surface area contributed by atoms with Crippen molar-refractivity contribution in [3.63, 3.8) is 0 Å². The first kappa shape index (κ1) is 23.3. The van der Waals surface area contributed by atoms with E-state index >= 15 is 0 Å². The van der Waals surface area contributed by atoms with E-state index in [2.05, 4.69) is 19.2 Å². The summed E-state index contributed by atoms with van der Waals surface area (Å²) >= 11 is 0. The van der Waals surface area contributed by atoms with Crippen molar-refractivity contribution in [1.82, 2.24) is 10.2 Å². The van der Waals surface area contributed by atoms with Gasteiger partial charge in [0.1, 0.15) is 0 Å². The van der Waals surface area contributed by atoms with Gasteiger partial charge >= 0.3 is 0 Å². The van der Waals surface area contributed by atoms with Crippen LogP contribution in [0.5, 0.6) is 0 Å². The van der Waals surface area contributed by atoms with E-state index in [4.69, 9.17) is 0 Å². The average Bonchev–Trinajstić information content (AvgIpc) is 2.81. The highest BCUT2D eigenvalue weighted by molar-refractivity contribution is 5.94. The molecule has 4 rings (SSSR count). The number of rotatable bonds is 4. The molecule has 1 aliphatic heterocycles. The van der Waals surface area contributed by atoms with Gasteiger partial charge in [0.25, 0.3) is 5.91 Å². The molecule has 1 aromatic rings. The van der Waals surface area contributed by atoms with Crippen molar-refractivity contribution < 1.29 is 14.7 Å². The van der Waals surface area contributed by atoms with Crippen LogP contribution in [0.25, 0.3) is 0 Å². The molecule has 2 amide bonds. The number of nitrogens with zero attached hydrogens (tertiary/aromatic N) is 1. The van der Waals surface area contributed by atoms with Crippen LogP contribution in [-0.4, -0.2) is 47.1 Å². The van der Waals surface area contributed by atoms with Crippen LogP contribution in [0.2, 0.25) is 0 Å². The predicted octanol–water partition coefficient (Wildman–Crippen LogP) is 4.26. The molecule has 0 aromatic heterocycles. The molecule has 32 heavy (non-hydrogen) atoms. The van der Waals surface area contributed by atoms with E-state index in [1.54, 1.807) is 0 Å². The minimum atomic E-state index is -0.510. The quantitative estimate of drug-likeness (QED) is 0.735. The van der Waals surface area contributed by atoms with Gasteiger partial charge < -0.3 is 15.3 Å². The molecule has 176 valence electrons. The van der Waals surface area contributed by atoms with Crippen molar-refractivity contribution in [3.05, 3.63) is 35.9 Å². The molecular weight excluding hydrogens is 400 g/mol. The van der Waals surface area contributed by atoms with E-state index in [0.29, 0.717) is 5.56 Å². The first-order valence-electron chi connectivity index (χ1n) is 12.6. The van der Waals surface area contributed by atoms with Crippen molar-refractivity contribution in [1.29, 1.82) is 0 Å². The number of hydrogen-bond donors (Lipinski definition) is 2. The number of fused-ring (bicyclic) bond motifs is 1. The molecule has 7 atom stereocenters. The fourth-order valence-electron chi connectivity index (χ4n) is 6.92. The van der Waals surface area contributed by atoms with Gasteiger partial charge in [-0.25, -0.2) is 0 Å². The topological polar surface area (TPSA) is 69.6 Å². The van der Waals surface area contributed by atoms with E-state index in [0.717, 1.165) is 51.6 Å². The Labute approximate surface area is 193 Å². The second kappa shape index (κ2) is 9.54. The van der Waals surface area contributed by atoms with Gasteiger partial charge in [-0.2, -0.15) is 0 Å². The number of likely N-dealkylation sites (tertiary alicyclic amines) is 1. The molecule has 0 spiro atoms. The summed E-state index contributed by atoms with van der Waals surface area (Å²) in [6.07, 6.45) is 6.76. The molecule has 1 saturated heterocycles. The van der Waals surface area contributed by atoms with Crippen molar-refractivity contribution in [3.8, 4) is 0 Å². The molecule has 7 unspecified atom stereocenters. The number of carbonyl (C=O) groups is 2. The Morgan fingerprint density at radius 1 is 1.09 bits per heavy atom. The normalized spacial score (nSPS) is 36.1. The maximum atomic E-state index is 13.2. The zero-order valence-corrected chi connectivity index (χ0v) is 19.9. The zero-order chi connectivity index (χ0) is 22.9. The van der Waals surface area contributed by atoms with Crippen molar-refractivity contribution in [2.24, 2.45) is 29.1 Å². The monoisotopic (exact) mass is 440 g/mol. The van der Waals surface area contributed by atoms with Crippen molar-refractivity contribution >= 4 is 11.8 Å². The Morgan fingerprint density at radius 3 is 2.44 bits per heavy atom. The summed E-state index contributed by atoms with van der Waals surface area (Å²) in [4.78, 5) is 28.0. The number of piperidine rings is 1. The summed E-state index contributed by atoms with van der Waals surface area (Å²) < 4.78 is 0. The van der Waals surface area contributed by atoms with Gasteiger partial charge in [-0.05, 0) is 80.2 Å². The van der Waals surface area contributed by atoms with Gasteiger partial charge in [-0.15, -0.1) is 0 Å². The number of aliphatic hydroxyl groups excluding tert-OH is 1. The SMILES string of the molecule is CC(C(=O)N1CCCCC1)C1CCC2(C)CCC(NC(=O)c3ccccc3)C(C)C2C1O. The Kier molecular flexibility index (Phi) is 6.94. The molecule has 2 aliphatic carbocycles. The number of carbonyl (C=O) groups excluding carboxylic acids is 2. The number of benzene rings is 1. The molecule has 5 heteroatoms. The second-order valence-corrected chi connectivity index (χ2v) is 10.9. The van der Waals surface area contributed by atoms with E-state index in [9.17, 15) is 14.7 Å². The summed E-state index contributed by atoms with van der Waals surface area (Å²) in [5.74, 6) is 0.271. The fraction of sp³-hybridized carbons (Fsp3) is 0.704. The highest BCUT2D eigenvalue weighted by Gasteiger charge is 2.54. The lowest BCUT2D eigenvalue weighted by Gasteiger charge is -2.56. The maximum Gasteiger partial charge on any atom is 0.251 e. The maximum absolute atomic E-state index is 13.2. The van der Waals surface area contributed by atoms with Gasteiger partial charge in [0.05, 0.1) is 6.10 Å². The van der Waals surface area contributed by atoms with Crippen LogP contribution >= 0.6 is 0 Å². The van der Waals surface area contributed by atoms with Crippen LogP contribution < -0.4 is 5.32 Å². The van der Waals surface area contributed by atoms with Gasteiger partial charge in [0.15, 0.2) is 0 Å². The highest BCUT2D eigenvalue weighted by Crippen LogP contribution is 2.55. The van der Waals surface area contributed by atoms with Crippen LogP contribution in [-0.2, 0) is 4.79 Å². The molecule has 3 fully saturated rings. The minimum Gasteiger partial charge on any atom is -0.392 e. The Morgan fingerprint density at radius 2 is 1.75 bits per heavy atom. The van der Waals surface area contributed by atoms with Crippen molar-refractivity contribution in [2.45, 2.75) is 77.9 Å². The lowest BCUT2D eigenvalue weighted by Crippen LogP contribution is -2.58. The van der Waals surface area contributed by atoms with Crippen LogP contribution in [0.4, 0.5) is 0 Å². The Bertz CT molecular complexity index is 806. The molecule has 2 N–H and O–H groups in total. The van der Waals surface area contributed by atoms with E-state index < -0.39 is 6.10 Å². The van der Waals surface area contributed by atoms with E-state index in [1.807, 2.05) is 42.2 Å². The van der Waals surface area contributed by atoms with E-state index in [-0.39, 0.29) is 46.9 Å². The standard InChI is InChI=1S/C27H40N2O3/c1-18(26(32)29-16-8-5-9-17-29)21-12-14-27(3)15-13-22(19(2)23(27)24(21)30)28-25(31)20-10-6-4-7-11-20/h4,6-7,10-11,18-19,21-24,30H,5,8-9,12-17H2,1-3H3,(H,28,31). The lowest BCUT2D eigenvalue weighted by molar-refractivity contribution is -0.150. The summed E-state index contributed by atoms with van der Waals surface area (Å²) in [6, 6.07) is 9.40. The Hall–Kier alpha value is -1.88. The molecule has 1 aromatic carbocycles. The molecule has 0 bridgehead atoms. The van der Waals surface area contributed by atoms with E-state index in [1.165, 1.54) is 6.42 Å². The van der Waals surface area contributed by atoms with Gasteiger partial charge in [0, 0.05) is 30.6 Å². The summed E-state index contributed by atoms with van der Waals surface area (Å²) in [5.41, 5.74) is 0.743. The minimum absolute atomic E-state index is 0.00599. The van der Waals surface area contributed by atoms with Gasteiger partial charge in [-0.3, -0.25) is 9.59 Å².